The van der Waals surface area contributed by atoms with Gasteiger partial charge in [0.1, 0.15) is 5.65 Å². The Morgan fingerprint density at radius 2 is 2.00 bits per heavy atom. The molecule has 0 aliphatic heterocycles. The summed E-state index contributed by atoms with van der Waals surface area (Å²) in [4.78, 5) is 12.7. The Morgan fingerprint density at radius 3 is 2.89 bits per heavy atom. The largest absolute Gasteiger partial charge is 0.361 e. The number of pyridine rings is 1. The standard InChI is InChI=1S/C22H26N6/c1-2-23-22(24-12-10-17-15-26-20-8-4-3-7-19(17)20)25-13-11-18-16-28-14-6-5-9-21(28)27-18/h3-9,14-16,26H,2,10-13H2,1H3,(H2,23,24,25). The van der Waals surface area contributed by atoms with E-state index in [1.165, 1.54) is 16.5 Å². The van der Waals surface area contributed by atoms with Gasteiger partial charge in [-0.15, -0.1) is 0 Å². The molecule has 0 unspecified atom stereocenters. The number of para-hydroxylation sites is 1. The third kappa shape index (κ3) is 4.17. The van der Waals surface area contributed by atoms with E-state index in [0.717, 1.165) is 43.2 Å². The van der Waals surface area contributed by atoms with E-state index in [1.54, 1.807) is 0 Å². The molecule has 0 saturated heterocycles. The van der Waals surface area contributed by atoms with Crippen LogP contribution >= 0.6 is 0 Å². The van der Waals surface area contributed by atoms with Crippen molar-refractivity contribution in [2.24, 2.45) is 4.99 Å². The summed E-state index contributed by atoms with van der Waals surface area (Å²) in [6.07, 6.45) is 7.95. The van der Waals surface area contributed by atoms with Gasteiger partial charge in [-0.05, 0) is 37.1 Å². The minimum absolute atomic E-state index is 0.701. The van der Waals surface area contributed by atoms with E-state index in [4.69, 9.17) is 4.99 Å². The Kier molecular flexibility index (Phi) is 5.56. The van der Waals surface area contributed by atoms with Gasteiger partial charge in [0.25, 0.3) is 0 Å². The fourth-order valence-electron chi connectivity index (χ4n) is 3.39. The maximum atomic E-state index is 4.70. The first-order chi connectivity index (χ1) is 13.8. The quantitative estimate of drug-likeness (QED) is 0.344. The number of hydrogen-bond acceptors (Lipinski definition) is 2. The molecule has 6 heteroatoms. The van der Waals surface area contributed by atoms with Crippen molar-refractivity contribution >= 4 is 22.5 Å². The maximum Gasteiger partial charge on any atom is 0.191 e. The second-order valence-corrected chi connectivity index (χ2v) is 6.75. The van der Waals surface area contributed by atoms with Crippen LogP contribution in [0.4, 0.5) is 0 Å². The molecule has 3 aromatic heterocycles. The SMILES string of the molecule is CCNC(=NCCc1cn2ccccc2n1)NCCc1c[nH]c2ccccc12. The Balaban J connectivity index is 1.32. The monoisotopic (exact) mass is 374 g/mol. The van der Waals surface area contributed by atoms with Crippen molar-refractivity contribution in [2.75, 3.05) is 19.6 Å². The highest BCUT2D eigenvalue weighted by Crippen LogP contribution is 2.17. The second kappa shape index (κ2) is 8.61. The van der Waals surface area contributed by atoms with Crippen LogP contribution in [0.15, 0.2) is 66.0 Å². The smallest absolute Gasteiger partial charge is 0.191 e. The predicted octanol–water partition coefficient (Wildman–Crippen LogP) is 3.16. The van der Waals surface area contributed by atoms with Gasteiger partial charge in [-0.25, -0.2) is 4.98 Å². The molecule has 4 rings (SSSR count). The molecule has 28 heavy (non-hydrogen) atoms. The van der Waals surface area contributed by atoms with E-state index < -0.39 is 0 Å². The number of nitrogens with zero attached hydrogens (tertiary/aromatic N) is 3. The summed E-state index contributed by atoms with van der Waals surface area (Å²) in [6, 6.07) is 14.4. The first-order valence-electron chi connectivity index (χ1n) is 9.83. The van der Waals surface area contributed by atoms with Crippen molar-refractivity contribution in [1.82, 2.24) is 25.0 Å². The first kappa shape index (κ1) is 18.1. The topological polar surface area (TPSA) is 69.5 Å². The van der Waals surface area contributed by atoms with Crippen LogP contribution in [0.5, 0.6) is 0 Å². The average Bonchev–Trinajstić information content (AvgIpc) is 3.32. The molecule has 0 bridgehead atoms. The number of H-pyrrole nitrogens is 1. The number of aromatic nitrogens is 3. The van der Waals surface area contributed by atoms with Gasteiger partial charge >= 0.3 is 0 Å². The minimum atomic E-state index is 0.701. The van der Waals surface area contributed by atoms with Gasteiger partial charge in [0.05, 0.1) is 5.69 Å². The van der Waals surface area contributed by atoms with Crippen LogP contribution in [-0.4, -0.2) is 40.0 Å². The molecule has 1 aromatic carbocycles. The number of imidazole rings is 1. The molecule has 0 aliphatic rings. The molecule has 144 valence electrons. The third-order valence-corrected chi connectivity index (χ3v) is 4.76. The number of guanidine groups is 1. The van der Waals surface area contributed by atoms with Crippen molar-refractivity contribution in [1.29, 1.82) is 0 Å². The normalized spacial score (nSPS) is 12.0. The van der Waals surface area contributed by atoms with Crippen LogP contribution in [0, 0.1) is 0 Å². The number of hydrogen-bond donors (Lipinski definition) is 3. The van der Waals surface area contributed by atoms with Crippen LogP contribution < -0.4 is 10.6 Å². The third-order valence-electron chi connectivity index (χ3n) is 4.76. The van der Waals surface area contributed by atoms with E-state index in [1.807, 2.05) is 28.8 Å². The average molecular weight is 374 g/mol. The number of aromatic amines is 1. The van der Waals surface area contributed by atoms with E-state index in [0.29, 0.717) is 6.54 Å². The zero-order valence-electron chi connectivity index (χ0n) is 16.2. The lowest BCUT2D eigenvalue weighted by Crippen LogP contribution is -2.38. The van der Waals surface area contributed by atoms with Crippen LogP contribution in [-0.2, 0) is 12.8 Å². The van der Waals surface area contributed by atoms with Crippen molar-refractivity contribution in [3.63, 3.8) is 0 Å². The lowest BCUT2D eigenvalue weighted by atomic mass is 10.1. The van der Waals surface area contributed by atoms with Crippen LogP contribution in [0.1, 0.15) is 18.2 Å². The summed E-state index contributed by atoms with van der Waals surface area (Å²) < 4.78 is 2.05. The molecule has 0 aliphatic carbocycles. The number of benzene rings is 1. The van der Waals surface area contributed by atoms with E-state index >= 15 is 0 Å². The first-order valence-corrected chi connectivity index (χ1v) is 9.83. The minimum Gasteiger partial charge on any atom is -0.361 e. The van der Waals surface area contributed by atoms with Gasteiger partial charge in [-0.1, -0.05) is 24.3 Å². The molecular weight excluding hydrogens is 348 g/mol. The summed E-state index contributed by atoms with van der Waals surface area (Å²) in [5.41, 5.74) is 4.55. The van der Waals surface area contributed by atoms with Crippen LogP contribution in [0.25, 0.3) is 16.6 Å². The van der Waals surface area contributed by atoms with E-state index in [2.05, 4.69) is 64.2 Å². The molecular formula is C22H26N6. The number of aliphatic imine (C=N–C) groups is 1. The van der Waals surface area contributed by atoms with E-state index in [-0.39, 0.29) is 0 Å². The molecule has 0 spiro atoms. The Hall–Kier alpha value is -3.28. The number of nitrogens with one attached hydrogen (secondary N) is 3. The molecule has 0 atom stereocenters. The van der Waals surface area contributed by atoms with Crippen molar-refractivity contribution in [2.45, 2.75) is 19.8 Å². The Morgan fingerprint density at radius 1 is 1.11 bits per heavy atom. The Labute approximate surface area is 164 Å². The molecule has 3 N–H and O–H groups in total. The van der Waals surface area contributed by atoms with Crippen molar-refractivity contribution < 1.29 is 0 Å². The molecule has 6 nitrogen and oxygen atoms in total. The summed E-state index contributed by atoms with van der Waals surface area (Å²) >= 11 is 0. The van der Waals surface area contributed by atoms with E-state index in [9.17, 15) is 0 Å². The van der Waals surface area contributed by atoms with Gasteiger partial charge in [-0.3, -0.25) is 4.99 Å². The Bertz CT molecular complexity index is 1040. The highest BCUT2D eigenvalue weighted by molar-refractivity contribution is 5.83. The number of fused-ring (bicyclic) bond motifs is 2. The summed E-state index contributed by atoms with van der Waals surface area (Å²) in [7, 11) is 0. The molecule has 0 amide bonds. The lowest BCUT2D eigenvalue weighted by molar-refractivity contribution is 0.797. The fraction of sp³-hybridized carbons (Fsp3) is 0.273. The van der Waals surface area contributed by atoms with Crippen molar-refractivity contribution in [3.8, 4) is 0 Å². The van der Waals surface area contributed by atoms with Crippen molar-refractivity contribution in [3.05, 3.63) is 72.3 Å². The summed E-state index contributed by atoms with van der Waals surface area (Å²) in [5.74, 6) is 0.853. The lowest BCUT2D eigenvalue weighted by Gasteiger charge is -2.11. The molecule has 4 aromatic rings. The van der Waals surface area contributed by atoms with Gasteiger partial charge in [0, 0.05) is 55.5 Å². The second-order valence-electron chi connectivity index (χ2n) is 6.75. The predicted molar refractivity (Wildman–Crippen MR) is 115 cm³/mol. The maximum absolute atomic E-state index is 4.70. The highest BCUT2D eigenvalue weighted by Gasteiger charge is 2.04. The van der Waals surface area contributed by atoms with Gasteiger partial charge < -0.3 is 20.0 Å². The molecule has 0 saturated carbocycles. The fourth-order valence-corrected chi connectivity index (χ4v) is 3.39. The van der Waals surface area contributed by atoms with Gasteiger partial charge in [0.2, 0.25) is 0 Å². The molecule has 0 fully saturated rings. The molecule has 0 radical (unpaired) electrons. The van der Waals surface area contributed by atoms with Crippen LogP contribution in [0.2, 0.25) is 0 Å². The highest BCUT2D eigenvalue weighted by atomic mass is 15.2. The summed E-state index contributed by atoms with van der Waals surface area (Å²) in [5, 5.41) is 8.04. The number of rotatable bonds is 7. The van der Waals surface area contributed by atoms with Gasteiger partial charge in [-0.2, -0.15) is 0 Å². The zero-order chi connectivity index (χ0) is 19.2. The van der Waals surface area contributed by atoms with Crippen LogP contribution in [0.3, 0.4) is 0 Å². The summed E-state index contributed by atoms with van der Waals surface area (Å²) in [6.45, 7) is 4.46. The zero-order valence-corrected chi connectivity index (χ0v) is 16.2. The van der Waals surface area contributed by atoms with Gasteiger partial charge in [0.15, 0.2) is 5.96 Å². The molecule has 3 heterocycles.